The van der Waals surface area contributed by atoms with E-state index in [4.69, 9.17) is 9.47 Å². The second-order valence-electron chi connectivity index (χ2n) is 9.11. The lowest BCUT2D eigenvalue weighted by Gasteiger charge is -2.29. The van der Waals surface area contributed by atoms with Gasteiger partial charge < -0.3 is 19.7 Å². The molecule has 0 bridgehead atoms. The van der Waals surface area contributed by atoms with Crippen LogP contribution in [0.4, 0.5) is 4.79 Å². The van der Waals surface area contributed by atoms with Gasteiger partial charge >= 0.3 is 12.1 Å². The quantitative estimate of drug-likeness (QED) is 0.683. The number of carbonyl (C=O) groups excluding carboxylic acids is 3. The third kappa shape index (κ3) is 7.35. The fourth-order valence-electron chi connectivity index (χ4n) is 3.44. The lowest BCUT2D eigenvalue weighted by atomic mass is 10.0. The molecule has 1 aliphatic heterocycles. The summed E-state index contributed by atoms with van der Waals surface area (Å²) in [5, 5.41) is 2.69. The molecule has 1 fully saturated rings. The van der Waals surface area contributed by atoms with Crippen LogP contribution in [0.25, 0.3) is 0 Å². The zero-order chi connectivity index (χ0) is 22.3. The van der Waals surface area contributed by atoms with Crippen molar-refractivity contribution in [3.63, 3.8) is 0 Å². The minimum absolute atomic E-state index is 0.170. The van der Waals surface area contributed by atoms with Gasteiger partial charge in [-0.2, -0.15) is 0 Å². The Balaban J connectivity index is 2.03. The molecule has 2 unspecified atom stereocenters. The SMILES string of the molecule is CC(C)CC(NC(=O)OC(C)(C)C)C(=O)N1CCCC1C(=O)OCc1ccccc1. The molecule has 1 aromatic rings. The molecule has 0 spiro atoms. The molecule has 1 saturated heterocycles. The number of ether oxygens (including phenoxy) is 2. The van der Waals surface area contributed by atoms with Gasteiger partial charge in [0, 0.05) is 6.54 Å². The maximum Gasteiger partial charge on any atom is 0.408 e. The largest absolute Gasteiger partial charge is 0.459 e. The number of nitrogens with one attached hydrogen (secondary N) is 1. The Morgan fingerprint density at radius 1 is 1.17 bits per heavy atom. The molecule has 1 N–H and O–H groups in total. The molecule has 0 radical (unpaired) electrons. The molecular weight excluding hydrogens is 384 g/mol. The van der Waals surface area contributed by atoms with Gasteiger partial charge in [-0.3, -0.25) is 4.79 Å². The summed E-state index contributed by atoms with van der Waals surface area (Å²) in [4.78, 5) is 39.7. The zero-order valence-electron chi connectivity index (χ0n) is 18.6. The van der Waals surface area contributed by atoms with Gasteiger partial charge in [0.2, 0.25) is 5.91 Å². The van der Waals surface area contributed by atoms with Crippen molar-refractivity contribution in [1.82, 2.24) is 10.2 Å². The molecule has 0 aliphatic carbocycles. The molecule has 2 atom stereocenters. The van der Waals surface area contributed by atoms with Crippen molar-refractivity contribution in [3.8, 4) is 0 Å². The molecular formula is C23H34N2O5. The minimum Gasteiger partial charge on any atom is -0.459 e. The first-order valence-corrected chi connectivity index (χ1v) is 10.6. The summed E-state index contributed by atoms with van der Waals surface area (Å²) < 4.78 is 10.8. The Kier molecular flexibility index (Phi) is 8.26. The van der Waals surface area contributed by atoms with Crippen molar-refractivity contribution in [3.05, 3.63) is 35.9 Å². The van der Waals surface area contributed by atoms with E-state index in [9.17, 15) is 14.4 Å². The zero-order valence-corrected chi connectivity index (χ0v) is 18.6. The number of benzene rings is 1. The number of hydrogen-bond donors (Lipinski definition) is 1. The monoisotopic (exact) mass is 418 g/mol. The molecule has 1 aliphatic rings. The summed E-state index contributed by atoms with van der Waals surface area (Å²) in [6, 6.07) is 8.05. The summed E-state index contributed by atoms with van der Waals surface area (Å²) in [5.41, 5.74) is 0.235. The molecule has 7 nitrogen and oxygen atoms in total. The van der Waals surface area contributed by atoms with Crippen LogP contribution in [0.15, 0.2) is 30.3 Å². The Bertz CT molecular complexity index is 727. The van der Waals surface area contributed by atoms with E-state index in [1.165, 1.54) is 4.90 Å². The van der Waals surface area contributed by atoms with Crippen molar-refractivity contribution in [2.75, 3.05) is 6.54 Å². The minimum atomic E-state index is -0.748. The second kappa shape index (κ2) is 10.5. The molecule has 0 aromatic heterocycles. The Morgan fingerprint density at radius 2 is 1.83 bits per heavy atom. The molecule has 2 rings (SSSR count). The number of likely N-dealkylation sites (tertiary alicyclic amines) is 1. The van der Waals surface area contributed by atoms with E-state index >= 15 is 0 Å². The summed E-state index contributed by atoms with van der Waals surface area (Å²) in [6.07, 6.45) is 1.10. The van der Waals surface area contributed by atoms with Gasteiger partial charge in [0.15, 0.2) is 0 Å². The van der Waals surface area contributed by atoms with Crippen LogP contribution < -0.4 is 5.32 Å². The maximum absolute atomic E-state index is 13.2. The highest BCUT2D eigenvalue weighted by Gasteiger charge is 2.39. The lowest BCUT2D eigenvalue weighted by molar-refractivity contribution is -0.155. The van der Waals surface area contributed by atoms with Gasteiger partial charge in [-0.1, -0.05) is 44.2 Å². The first-order chi connectivity index (χ1) is 14.1. The average molecular weight is 419 g/mol. The van der Waals surface area contributed by atoms with Crippen LogP contribution >= 0.6 is 0 Å². The van der Waals surface area contributed by atoms with E-state index < -0.39 is 29.7 Å². The van der Waals surface area contributed by atoms with E-state index in [2.05, 4.69) is 5.32 Å². The van der Waals surface area contributed by atoms with E-state index in [1.807, 2.05) is 44.2 Å². The third-order valence-electron chi connectivity index (χ3n) is 4.73. The summed E-state index contributed by atoms with van der Waals surface area (Å²) in [5.74, 6) is -0.501. The Labute approximate surface area is 179 Å². The molecule has 30 heavy (non-hydrogen) atoms. The van der Waals surface area contributed by atoms with Crippen molar-refractivity contribution in [2.24, 2.45) is 5.92 Å². The van der Waals surface area contributed by atoms with Gasteiger partial charge in [-0.05, 0) is 51.5 Å². The molecule has 166 valence electrons. The fraction of sp³-hybridized carbons (Fsp3) is 0.609. The van der Waals surface area contributed by atoms with Gasteiger partial charge in [-0.25, -0.2) is 9.59 Å². The topological polar surface area (TPSA) is 84.9 Å². The predicted molar refractivity (Wildman–Crippen MR) is 114 cm³/mol. The van der Waals surface area contributed by atoms with Crippen LogP contribution in [-0.4, -0.2) is 47.1 Å². The number of alkyl carbamates (subject to hydrolysis) is 1. The number of amides is 2. The first-order valence-electron chi connectivity index (χ1n) is 10.6. The standard InChI is InChI=1S/C23H34N2O5/c1-16(2)14-18(24-22(28)30-23(3,4)5)20(26)25-13-9-12-19(25)21(27)29-15-17-10-7-6-8-11-17/h6-8,10-11,16,18-19H,9,12-15H2,1-5H3,(H,24,28). The Hall–Kier alpha value is -2.57. The van der Waals surface area contributed by atoms with Crippen LogP contribution in [0, 0.1) is 5.92 Å². The van der Waals surface area contributed by atoms with Crippen LogP contribution in [0.5, 0.6) is 0 Å². The number of rotatable bonds is 7. The van der Waals surface area contributed by atoms with E-state index in [0.29, 0.717) is 19.4 Å². The summed E-state index contributed by atoms with van der Waals surface area (Å²) in [7, 11) is 0. The number of nitrogens with zero attached hydrogens (tertiary/aromatic N) is 1. The smallest absolute Gasteiger partial charge is 0.408 e. The molecule has 2 amide bonds. The van der Waals surface area contributed by atoms with Crippen molar-refractivity contribution in [1.29, 1.82) is 0 Å². The molecule has 0 saturated carbocycles. The highest BCUT2D eigenvalue weighted by molar-refractivity contribution is 5.90. The van der Waals surface area contributed by atoms with Crippen molar-refractivity contribution in [2.45, 2.75) is 78.2 Å². The average Bonchev–Trinajstić information content (AvgIpc) is 3.13. The summed E-state index contributed by atoms with van der Waals surface area (Å²) >= 11 is 0. The van der Waals surface area contributed by atoms with E-state index in [0.717, 1.165) is 12.0 Å². The van der Waals surface area contributed by atoms with Gasteiger partial charge in [0.1, 0.15) is 24.3 Å². The van der Waals surface area contributed by atoms with Crippen molar-refractivity contribution >= 4 is 18.0 Å². The highest BCUT2D eigenvalue weighted by Crippen LogP contribution is 2.22. The molecule has 7 heteroatoms. The van der Waals surface area contributed by atoms with Crippen LogP contribution in [-0.2, 0) is 25.7 Å². The van der Waals surface area contributed by atoms with E-state index in [1.54, 1.807) is 20.8 Å². The van der Waals surface area contributed by atoms with Crippen molar-refractivity contribution < 1.29 is 23.9 Å². The van der Waals surface area contributed by atoms with Crippen LogP contribution in [0.3, 0.4) is 0 Å². The normalized spacial score (nSPS) is 17.5. The van der Waals surface area contributed by atoms with E-state index in [-0.39, 0.29) is 18.4 Å². The predicted octanol–water partition coefficient (Wildman–Crippen LogP) is 3.66. The van der Waals surface area contributed by atoms with Gasteiger partial charge in [0.05, 0.1) is 0 Å². The lowest BCUT2D eigenvalue weighted by Crippen LogP contribution is -2.53. The number of esters is 1. The highest BCUT2D eigenvalue weighted by atomic mass is 16.6. The fourth-order valence-corrected chi connectivity index (χ4v) is 3.44. The second-order valence-corrected chi connectivity index (χ2v) is 9.11. The van der Waals surface area contributed by atoms with Crippen LogP contribution in [0.1, 0.15) is 59.4 Å². The van der Waals surface area contributed by atoms with Crippen LogP contribution in [0.2, 0.25) is 0 Å². The summed E-state index contributed by atoms with van der Waals surface area (Å²) in [6.45, 7) is 9.90. The van der Waals surface area contributed by atoms with Gasteiger partial charge in [0.25, 0.3) is 0 Å². The third-order valence-corrected chi connectivity index (χ3v) is 4.73. The number of carbonyl (C=O) groups is 3. The van der Waals surface area contributed by atoms with Gasteiger partial charge in [-0.15, -0.1) is 0 Å². The maximum atomic E-state index is 13.2. The molecule has 1 heterocycles. The molecule has 1 aromatic carbocycles. The first kappa shape index (κ1) is 23.7. The Morgan fingerprint density at radius 3 is 2.43 bits per heavy atom. The number of hydrogen-bond acceptors (Lipinski definition) is 5.